The van der Waals surface area contributed by atoms with Crippen LogP contribution in [0.25, 0.3) is 10.9 Å². The Labute approximate surface area is 182 Å². The number of nitrogens with one attached hydrogen (secondary N) is 3. The maximum atomic E-state index is 5.81. The van der Waals surface area contributed by atoms with Gasteiger partial charge in [-0.05, 0) is 42.5 Å². The second-order valence-corrected chi connectivity index (χ2v) is 6.45. The van der Waals surface area contributed by atoms with Crippen LogP contribution >= 0.6 is 35.6 Å². The Bertz CT molecular complexity index is 827. The van der Waals surface area contributed by atoms with E-state index in [2.05, 4.69) is 56.8 Å². The fourth-order valence-corrected chi connectivity index (χ4v) is 2.89. The lowest BCUT2D eigenvalue weighted by Gasteiger charge is -2.11. The van der Waals surface area contributed by atoms with E-state index < -0.39 is 0 Å². The molecule has 0 saturated heterocycles. The monoisotopic (exact) mass is 497 g/mol. The number of aromatic amines is 1. The molecule has 0 saturated carbocycles. The first-order valence-electron chi connectivity index (χ1n) is 8.94. The molecule has 0 aliphatic rings. The molecule has 0 fully saturated rings. The van der Waals surface area contributed by atoms with E-state index in [0.717, 1.165) is 44.0 Å². The quantitative estimate of drug-likeness (QED) is 0.199. The minimum Gasteiger partial charge on any atom is -0.358 e. The van der Waals surface area contributed by atoms with Crippen LogP contribution in [0.3, 0.4) is 0 Å². The van der Waals surface area contributed by atoms with E-state index in [4.69, 9.17) is 11.6 Å². The summed E-state index contributed by atoms with van der Waals surface area (Å²) in [4.78, 5) is 12.2. The summed E-state index contributed by atoms with van der Waals surface area (Å²) >= 11 is 5.81. The molecular weight excluding hydrogens is 473 g/mol. The van der Waals surface area contributed by atoms with Crippen LogP contribution in [0.5, 0.6) is 0 Å². The number of hydrogen-bond donors (Lipinski definition) is 3. The summed E-state index contributed by atoms with van der Waals surface area (Å²) in [5.74, 6) is 0.838. The largest absolute Gasteiger partial charge is 0.358 e. The number of nitrogens with zero attached hydrogens (tertiary/aromatic N) is 2. The highest BCUT2D eigenvalue weighted by Crippen LogP contribution is 2.14. The smallest absolute Gasteiger partial charge is 0.191 e. The number of benzene rings is 1. The Morgan fingerprint density at radius 3 is 2.74 bits per heavy atom. The zero-order valence-electron chi connectivity index (χ0n) is 15.3. The molecule has 0 bridgehead atoms. The van der Waals surface area contributed by atoms with Crippen molar-refractivity contribution in [2.75, 3.05) is 19.6 Å². The summed E-state index contributed by atoms with van der Waals surface area (Å²) in [7, 11) is 0. The molecule has 3 rings (SSSR count). The Hall–Kier alpha value is -1.80. The van der Waals surface area contributed by atoms with Gasteiger partial charge in [-0.15, -0.1) is 24.0 Å². The molecule has 27 heavy (non-hydrogen) atoms. The summed E-state index contributed by atoms with van der Waals surface area (Å²) in [5.41, 5.74) is 3.53. The molecule has 2 heterocycles. The Morgan fingerprint density at radius 2 is 2.00 bits per heavy atom. The van der Waals surface area contributed by atoms with Crippen LogP contribution in [-0.2, 0) is 12.8 Å². The average Bonchev–Trinajstić information content (AvgIpc) is 3.06. The molecule has 5 nitrogen and oxygen atoms in total. The highest BCUT2D eigenvalue weighted by Gasteiger charge is 2.01. The molecule has 0 radical (unpaired) electrons. The summed E-state index contributed by atoms with van der Waals surface area (Å²) in [5, 5.41) is 8.41. The molecule has 0 amide bonds. The van der Waals surface area contributed by atoms with Crippen LogP contribution in [-0.4, -0.2) is 35.6 Å². The van der Waals surface area contributed by atoms with Crippen molar-refractivity contribution in [1.82, 2.24) is 20.6 Å². The molecule has 0 atom stereocenters. The van der Waals surface area contributed by atoms with Gasteiger partial charge in [-0.25, -0.2) is 4.98 Å². The van der Waals surface area contributed by atoms with Crippen molar-refractivity contribution in [3.05, 3.63) is 65.1 Å². The third kappa shape index (κ3) is 6.70. The Kier molecular flexibility index (Phi) is 8.87. The lowest BCUT2D eigenvalue weighted by Crippen LogP contribution is -2.38. The van der Waals surface area contributed by atoms with Gasteiger partial charge in [0.1, 0.15) is 5.15 Å². The van der Waals surface area contributed by atoms with Gasteiger partial charge in [0.05, 0.1) is 0 Å². The standard InChI is InChI=1S/C20H24ClN5.HI/c1-2-22-20(23-11-9-15-7-8-19(21)25-14-15)24-12-10-17-13-16-5-3-4-6-18(16)26-17;/h3-8,13-14,26H,2,9-12H2,1H3,(H2,22,23,24);1H. The Balaban J connectivity index is 0.00000261. The van der Waals surface area contributed by atoms with Gasteiger partial charge in [0.2, 0.25) is 0 Å². The maximum absolute atomic E-state index is 5.81. The highest BCUT2D eigenvalue weighted by atomic mass is 127. The summed E-state index contributed by atoms with van der Waals surface area (Å²) in [6.45, 7) is 4.42. The van der Waals surface area contributed by atoms with E-state index in [1.807, 2.05) is 24.4 Å². The van der Waals surface area contributed by atoms with Gasteiger partial charge in [-0.2, -0.15) is 0 Å². The maximum Gasteiger partial charge on any atom is 0.191 e. The number of aromatic nitrogens is 2. The second-order valence-electron chi connectivity index (χ2n) is 6.06. The normalized spacial score (nSPS) is 11.3. The van der Waals surface area contributed by atoms with E-state index in [9.17, 15) is 0 Å². The lowest BCUT2D eigenvalue weighted by atomic mass is 10.2. The van der Waals surface area contributed by atoms with Crippen LogP contribution in [0.15, 0.2) is 53.7 Å². The summed E-state index contributed by atoms with van der Waals surface area (Å²) < 4.78 is 0. The molecule has 1 aromatic carbocycles. The van der Waals surface area contributed by atoms with Crippen molar-refractivity contribution in [2.24, 2.45) is 4.99 Å². The fraction of sp³-hybridized carbons (Fsp3) is 0.300. The summed E-state index contributed by atoms with van der Waals surface area (Å²) in [6, 6.07) is 14.3. The third-order valence-electron chi connectivity index (χ3n) is 4.08. The van der Waals surface area contributed by atoms with Gasteiger partial charge in [-0.3, -0.25) is 4.99 Å². The first-order valence-corrected chi connectivity index (χ1v) is 9.31. The SMILES string of the molecule is CCNC(=NCCc1cc2ccccc2[nH]1)NCCc1ccc(Cl)nc1.I. The molecule has 144 valence electrons. The number of fused-ring (bicyclic) bond motifs is 1. The van der Waals surface area contributed by atoms with Crippen molar-refractivity contribution in [3.8, 4) is 0 Å². The minimum absolute atomic E-state index is 0. The fourth-order valence-electron chi connectivity index (χ4n) is 2.78. The number of guanidine groups is 1. The number of halogens is 2. The zero-order valence-corrected chi connectivity index (χ0v) is 18.4. The molecule has 7 heteroatoms. The van der Waals surface area contributed by atoms with Gasteiger partial charge in [0.15, 0.2) is 5.96 Å². The number of aliphatic imine (C=N–C) groups is 1. The summed E-state index contributed by atoms with van der Waals surface area (Å²) in [6.07, 6.45) is 3.56. The van der Waals surface area contributed by atoms with E-state index in [1.54, 1.807) is 0 Å². The van der Waals surface area contributed by atoms with Gasteiger partial charge < -0.3 is 15.6 Å². The van der Waals surface area contributed by atoms with Gasteiger partial charge in [0, 0.05) is 43.5 Å². The predicted molar refractivity (Wildman–Crippen MR) is 124 cm³/mol. The van der Waals surface area contributed by atoms with Crippen LogP contribution < -0.4 is 10.6 Å². The molecule has 2 aromatic heterocycles. The zero-order chi connectivity index (χ0) is 18.2. The van der Waals surface area contributed by atoms with Crippen molar-refractivity contribution in [1.29, 1.82) is 0 Å². The van der Waals surface area contributed by atoms with Crippen molar-refractivity contribution >= 4 is 52.4 Å². The number of hydrogen-bond acceptors (Lipinski definition) is 2. The molecule has 0 aliphatic carbocycles. The lowest BCUT2D eigenvalue weighted by molar-refractivity contribution is 0.793. The molecule has 0 unspecified atom stereocenters. The van der Waals surface area contributed by atoms with E-state index in [0.29, 0.717) is 5.15 Å². The van der Waals surface area contributed by atoms with E-state index in [-0.39, 0.29) is 24.0 Å². The molecule has 0 aliphatic heterocycles. The van der Waals surface area contributed by atoms with Crippen LogP contribution in [0.4, 0.5) is 0 Å². The van der Waals surface area contributed by atoms with Crippen molar-refractivity contribution in [2.45, 2.75) is 19.8 Å². The minimum atomic E-state index is 0. The third-order valence-corrected chi connectivity index (χ3v) is 4.30. The first kappa shape index (κ1) is 21.5. The van der Waals surface area contributed by atoms with Crippen molar-refractivity contribution < 1.29 is 0 Å². The van der Waals surface area contributed by atoms with Crippen LogP contribution in [0, 0.1) is 0 Å². The Morgan fingerprint density at radius 1 is 1.15 bits per heavy atom. The van der Waals surface area contributed by atoms with Crippen LogP contribution in [0.1, 0.15) is 18.2 Å². The number of H-pyrrole nitrogens is 1. The van der Waals surface area contributed by atoms with Gasteiger partial charge in [-0.1, -0.05) is 35.9 Å². The molecule has 3 aromatic rings. The van der Waals surface area contributed by atoms with Crippen LogP contribution in [0.2, 0.25) is 5.15 Å². The molecule has 3 N–H and O–H groups in total. The number of rotatable bonds is 7. The molecular formula is C20H25ClIN5. The number of para-hydroxylation sites is 1. The van der Waals surface area contributed by atoms with E-state index >= 15 is 0 Å². The first-order chi connectivity index (χ1) is 12.7. The topological polar surface area (TPSA) is 65.1 Å². The van der Waals surface area contributed by atoms with Gasteiger partial charge in [0.25, 0.3) is 0 Å². The number of pyridine rings is 1. The van der Waals surface area contributed by atoms with E-state index in [1.165, 1.54) is 16.6 Å². The highest BCUT2D eigenvalue weighted by molar-refractivity contribution is 14.0. The second kappa shape index (κ2) is 11.1. The predicted octanol–water partition coefficient (Wildman–Crippen LogP) is 4.17. The average molecular weight is 498 g/mol. The van der Waals surface area contributed by atoms with Crippen molar-refractivity contribution in [3.63, 3.8) is 0 Å². The molecule has 0 spiro atoms. The van der Waals surface area contributed by atoms with Gasteiger partial charge >= 0.3 is 0 Å².